The largest absolute Gasteiger partial charge is 0.355 e. The minimum absolute atomic E-state index is 0.634. The Hall–Kier alpha value is -0.0400. The van der Waals surface area contributed by atoms with E-state index < -0.39 is 0 Å². The van der Waals surface area contributed by atoms with E-state index in [1.807, 2.05) is 0 Å². The molecular formula is C4H12N+. The summed E-state index contributed by atoms with van der Waals surface area (Å²) >= 11 is 0. The van der Waals surface area contributed by atoms with E-state index in [4.69, 9.17) is 0 Å². The van der Waals surface area contributed by atoms with Crippen molar-refractivity contribution in [2.75, 3.05) is 0 Å². The fourth-order valence-electron chi connectivity index (χ4n) is 0. The Balaban J connectivity index is 2.54. The van der Waals surface area contributed by atoms with Crippen molar-refractivity contribution in [1.82, 2.24) is 0 Å². The topological polar surface area (TPSA) is 27.6 Å². The van der Waals surface area contributed by atoms with Crippen LogP contribution in [0, 0.1) is 0 Å². The fraction of sp³-hybridized carbons (Fsp3) is 1.00. The number of hydrogen-bond acceptors (Lipinski definition) is 0. The molecule has 0 amide bonds. The van der Waals surface area contributed by atoms with E-state index in [1.54, 1.807) is 0 Å². The van der Waals surface area contributed by atoms with Crippen LogP contribution in [0.4, 0.5) is 0 Å². The first-order valence-electron chi connectivity index (χ1n) is 2.10. The third kappa shape index (κ3) is 3.96. The first-order valence-corrected chi connectivity index (χ1v) is 2.10. The molecule has 0 aliphatic heterocycles. The van der Waals surface area contributed by atoms with Crippen LogP contribution in [0.1, 0.15) is 20.3 Å². The van der Waals surface area contributed by atoms with Gasteiger partial charge in [-0.15, -0.1) is 0 Å². The molecule has 0 aromatic carbocycles. The van der Waals surface area contributed by atoms with Crippen molar-refractivity contribution in [2.24, 2.45) is 0 Å². The molecule has 0 saturated carbocycles. The highest BCUT2D eigenvalue weighted by Crippen LogP contribution is 1.74. The van der Waals surface area contributed by atoms with Crippen LogP contribution in [0.3, 0.4) is 0 Å². The zero-order chi connectivity index (χ0) is 4.28. The molecule has 0 heterocycles. The van der Waals surface area contributed by atoms with Crippen LogP contribution in [0.5, 0.6) is 0 Å². The molecule has 1 heteroatoms. The summed E-state index contributed by atoms with van der Waals surface area (Å²) in [7, 11) is 0. The van der Waals surface area contributed by atoms with Crippen LogP contribution in [-0.2, 0) is 0 Å². The minimum atomic E-state index is 0.634. The maximum atomic E-state index is 3.76. The van der Waals surface area contributed by atoms with Crippen LogP contribution in [0.2, 0.25) is 0 Å². The molecule has 5 heavy (non-hydrogen) atoms. The van der Waals surface area contributed by atoms with Crippen LogP contribution in [0.15, 0.2) is 0 Å². The fourth-order valence-corrected chi connectivity index (χ4v) is 0. The van der Waals surface area contributed by atoms with Crippen molar-refractivity contribution in [1.29, 1.82) is 0 Å². The lowest BCUT2D eigenvalue weighted by Crippen LogP contribution is -2.58. The van der Waals surface area contributed by atoms with Crippen molar-refractivity contribution >= 4 is 0 Å². The molecule has 0 radical (unpaired) electrons. The summed E-state index contributed by atoms with van der Waals surface area (Å²) < 4.78 is 0. The summed E-state index contributed by atoms with van der Waals surface area (Å²) in [4.78, 5) is 0. The number of hydrogen-bond donors (Lipinski definition) is 1. The van der Waals surface area contributed by atoms with Gasteiger partial charge >= 0.3 is 0 Å². The van der Waals surface area contributed by atoms with Gasteiger partial charge in [0.15, 0.2) is 0 Å². The van der Waals surface area contributed by atoms with Gasteiger partial charge in [0.25, 0.3) is 0 Å². The third-order valence-corrected chi connectivity index (χ3v) is 0.697. The van der Waals surface area contributed by atoms with E-state index in [0.29, 0.717) is 6.04 Å². The van der Waals surface area contributed by atoms with Gasteiger partial charge < -0.3 is 5.73 Å². The van der Waals surface area contributed by atoms with E-state index in [0.717, 1.165) is 0 Å². The maximum Gasteiger partial charge on any atom is 0.0812 e. The number of rotatable bonds is 1. The molecule has 32 valence electrons. The van der Waals surface area contributed by atoms with Gasteiger partial charge in [0.2, 0.25) is 0 Å². The first-order chi connectivity index (χ1) is 2.27. The number of quaternary nitrogens is 1. The van der Waals surface area contributed by atoms with E-state index >= 15 is 0 Å². The highest BCUT2D eigenvalue weighted by Gasteiger charge is 1.84. The minimum Gasteiger partial charge on any atom is -0.355 e. The van der Waals surface area contributed by atoms with E-state index in [1.165, 1.54) is 6.42 Å². The van der Waals surface area contributed by atoms with Gasteiger partial charge in [-0.3, -0.25) is 0 Å². The van der Waals surface area contributed by atoms with Gasteiger partial charge in [-0.25, -0.2) is 0 Å². The SMILES string of the molecule is CCC(C)[NH3+]. The molecule has 0 aromatic heterocycles. The quantitative estimate of drug-likeness (QED) is 0.454. The Morgan fingerprint density at radius 3 is 2.00 bits per heavy atom. The average Bonchev–Trinajstić information content (AvgIpc) is 1.38. The standard InChI is InChI=1S/C4H11N/c1-3-4(2)5/h4H,3,5H2,1-2H3/p+1. The van der Waals surface area contributed by atoms with Crippen molar-refractivity contribution in [3.05, 3.63) is 0 Å². The highest BCUT2D eigenvalue weighted by atomic mass is 14.6. The average molecular weight is 74.1 g/mol. The molecular weight excluding hydrogens is 62.1 g/mol. The summed E-state index contributed by atoms with van der Waals surface area (Å²) in [6, 6.07) is 0.634. The second-order valence-electron chi connectivity index (χ2n) is 1.51. The molecule has 1 nitrogen and oxygen atoms in total. The normalized spacial score (nSPS) is 15.0. The zero-order valence-electron chi connectivity index (χ0n) is 3.99. The van der Waals surface area contributed by atoms with E-state index in [2.05, 4.69) is 19.6 Å². The van der Waals surface area contributed by atoms with Gasteiger partial charge in [-0.05, 0) is 13.3 Å². The smallest absolute Gasteiger partial charge is 0.0812 e. The van der Waals surface area contributed by atoms with Crippen molar-refractivity contribution < 1.29 is 5.73 Å². The van der Waals surface area contributed by atoms with Crippen LogP contribution in [-0.4, -0.2) is 6.04 Å². The Labute approximate surface area is 33.2 Å². The monoisotopic (exact) mass is 74.1 g/mol. The van der Waals surface area contributed by atoms with Crippen LogP contribution < -0.4 is 5.73 Å². The lowest BCUT2D eigenvalue weighted by molar-refractivity contribution is -0.414. The van der Waals surface area contributed by atoms with Crippen molar-refractivity contribution in [3.63, 3.8) is 0 Å². The molecule has 1 unspecified atom stereocenters. The second kappa shape index (κ2) is 2.21. The summed E-state index contributed by atoms with van der Waals surface area (Å²) in [5.41, 5.74) is 3.76. The Bertz CT molecular complexity index is 17.6. The molecule has 0 aliphatic carbocycles. The summed E-state index contributed by atoms with van der Waals surface area (Å²) in [5, 5.41) is 0. The Morgan fingerprint density at radius 2 is 2.00 bits per heavy atom. The molecule has 0 spiro atoms. The molecule has 1 atom stereocenters. The van der Waals surface area contributed by atoms with E-state index in [-0.39, 0.29) is 0 Å². The van der Waals surface area contributed by atoms with Gasteiger partial charge in [-0.1, -0.05) is 6.92 Å². The van der Waals surface area contributed by atoms with Crippen LogP contribution >= 0.6 is 0 Å². The highest BCUT2D eigenvalue weighted by molar-refractivity contribution is 4.31. The lowest BCUT2D eigenvalue weighted by atomic mass is 10.3. The Kier molecular flexibility index (Phi) is 2.19. The molecule has 0 fully saturated rings. The predicted molar refractivity (Wildman–Crippen MR) is 22.6 cm³/mol. The molecule has 3 N–H and O–H groups in total. The van der Waals surface area contributed by atoms with Gasteiger partial charge in [0.1, 0.15) is 0 Å². The predicted octanol–water partition coefficient (Wildman–Crippen LogP) is 0.0268. The summed E-state index contributed by atoms with van der Waals surface area (Å²) in [5.74, 6) is 0. The molecule has 0 bridgehead atoms. The third-order valence-electron chi connectivity index (χ3n) is 0.697. The maximum absolute atomic E-state index is 3.76. The molecule has 0 rings (SSSR count). The first kappa shape index (κ1) is 4.96. The van der Waals surface area contributed by atoms with Gasteiger partial charge in [0.05, 0.1) is 6.04 Å². The molecule has 0 saturated heterocycles. The van der Waals surface area contributed by atoms with Crippen molar-refractivity contribution in [2.45, 2.75) is 26.3 Å². The van der Waals surface area contributed by atoms with Gasteiger partial charge in [0, 0.05) is 0 Å². The van der Waals surface area contributed by atoms with Crippen LogP contribution in [0.25, 0.3) is 0 Å². The molecule has 0 aliphatic rings. The van der Waals surface area contributed by atoms with E-state index in [9.17, 15) is 0 Å². The summed E-state index contributed by atoms with van der Waals surface area (Å²) in [6.07, 6.45) is 1.19. The second-order valence-corrected chi connectivity index (χ2v) is 1.51. The molecule has 0 aromatic rings. The van der Waals surface area contributed by atoms with Gasteiger partial charge in [-0.2, -0.15) is 0 Å². The lowest BCUT2D eigenvalue weighted by Gasteiger charge is -1.87. The zero-order valence-corrected chi connectivity index (χ0v) is 3.99. The van der Waals surface area contributed by atoms with Crippen molar-refractivity contribution in [3.8, 4) is 0 Å². The summed E-state index contributed by atoms with van der Waals surface area (Å²) in [6.45, 7) is 4.25. The Morgan fingerprint density at radius 1 is 1.80 bits per heavy atom.